The van der Waals surface area contributed by atoms with Gasteiger partial charge in [0.1, 0.15) is 0 Å². The lowest BCUT2D eigenvalue weighted by molar-refractivity contribution is -0.137. The lowest BCUT2D eigenvalue weighted by Crippen LogP contribution is -2.42. The van der Waals surface area contributed by atoms with E-state index in [1.165, 1.54) is 18.2 Å². The minimum Gasteiger partial charge on any atom is -0.383 e. The van der Waals surface area contributed by atoms with Gasteiger partial charge < -0.3 is 10.1 Å². The highest BCUT2D eigenvalue weighted by atomic mass is 19.4. The number of likely N-dealkylation sites (tertiary alicyclic amines) is 1. The molecular formula is C18H23F3N2O2. The lowest BCUT2D eigenvalue weighted by atomic mass is 9.97. The van der Waals surface area contributed by atoms with E-state index in [0.29, 0.717) is 25.0 Å². The largest absolute Gasteiger partial charge is 0.417 e. The highest BCUT2D eigenvalue weighted by molar-refractivity contribution is 5.96. The van der Waals surface area contributed by atoms with Crippen molar-refractivity contribution in [1.82, 2.24) is 10.2 Å². The van der Waals surface area contributed by atoms with Crippen LogP contribution in [0.2, 0.25) is 0 Å². The predicted octanol–water partition coefficient (Wildman–Crippen LogP) is 2.79. The maximum absolute atomic E-state index is 13.1. The second-order valence-electron chi connectivity index (χ2n) is 6.88. The summed E-state index contributed by atoms with van der Waals surface area (Å²) >= 11 is 0. The number of methoxy groups -OCH3 is 1. The van der Waals surface area contributed by atoms with Crippen LogP contribution in [0.15, 0.2) is 24.3 Å². The molecule has 1 N–H and O–H groups in total. The normalized spacial score (nSPS) is 24.5. The monoisotopic (exact) mass is 356 g/mol. The fourth-order valence-corrected chi connectivity index (χ4v) is 3.65. The number of carbonyl (C=O) groups excluding carboxylic acids is 1. The van der Waals surface area contributed by atoms with Gasteiger partial charge in [-0.25, -0.2) is 0 Å². The first kappa shape index (κ1) is 18.2. The standard InChI is InChI=1S/C18H23F3N2O2/c1-25-9-8-23-10-14(12-6-7-12)16(11-23)22-17(24)13-4-2-3-5-15(13)18(19,20)21/h2-5,12,14,16H,6-11H2,1H3,(H,22,24)/t14-,16+/m0/s1. The maximum atomic E-state index is 13.1. The predicted molar refractivity (Wildman–Crippen MR) is 87.2 cm³/mol. The minimum absolute atomic E-state index is 0.113. The van der Waals surface area contributed by atoms with Crippen LogP contribution in [-0.2, 0) is 10.9 Å². The number of amides is 1. The fourth-order valence-electron chi connectivity index (χ4n) is 3.65. The average Bonchev–Trinajstić information content (AvgIpc) is 3.34. The van der Waals surface area contributed by atoms with Gasteiger partial charge in [-0.15, -0.1) is 0 Å². The van der Waals surface area contributed by atoms with Crippen LogP contribution in [-0.4, -0.2) is 50.2 Å². The molecule has 1 amide bonds. The molecule has 0 spiro atoms. The molecule has 25 heavy (non-hydrogen) atoms. The average molecular weight is 356 g/mol. The zero-order valence-corrected chi connectivity index (χ0v) is 14.2. The van der Waals surface area contributed by atoms with E-state index in [1.54, 1.807) is 7.11 Å². The maximum Gasteiger partial charge on any atom is 0.417 e. The minimum atomic E-state index is -4.54. The topological polar surface area (TPSA) is 41.6 Å². The van der Waals surface area contributed by atoms with Crippen molar-refractivity contribution in [2.24, 2.45) is 11.8 Å². The molecule has 138 valence electrons. The van der Waals surface area contributed by atoms with Crippen LogP contribution in [0.4, 0.5) is 13.2 Å². The Morgan fingerprint density at radius 2 is 2.00 bits per heavy atom. The van der Waals surface area contributed by atoms with Crippen LogP contribution in [0.1, 0.15) is 28.8 Å². The second kappa shape index (κ2) is 7.33. The third-order valence-corrected chi connectivity index (χ3v) is 5.07. The van der Waals surface area contributed by atoms with E-state index in [0.717, 1.165) is 32.0 Å². The smallest absolute Gasteiger partial charge is 0.383 e. The van der Waals surface area contributed by atoms with Crippen LogP contribution in [0, 0.1) is 11.8 Å². The Balaban J connectivity index is 1.71. The van der Waals surface area contributed by atoms with Crippen molar-refractivity contribution in [3.05, 3.63) is 35.4 Å². The molecule has 2 fully saturated rings. The van der Waals surface area contributed by atoms with E-state index < -0.39 is 17.6 Å². The van der Waals surface area contributed by atoms with Crippen LogP contribution in [0.5, 0.6) is 0 Å². The van der Waals surface area contributed by atoms with Crippen molar-refractivity contribution >= 4 is 5.91 Å². The highest BCUT2D eigenvalue weighted by Crippen LogP contribution is 2.41. The molecule has 1 saturated heterocycles. The van der Waals surface area contributed by atoms with Gasteiger partial charge in [-0.05, 0) is 36.8 Å². The van der Waals surface area contributed by atoms with Gasteiger partial charge in [-0.2, -0.15) is 13.2 Å². The Morgan fingerprint density at radius 3 is 2.64 bits per heavy atom. The molecule has 0 aromatic heterocycles. The number of benzene rings is 1. The summed E-state index contributed by atoms with van der Waals surface area (Å²) in [7, 11) is 1.64. The SMILES string of the molecule is COCCN1C[C@@H](NC(=O)c2ccccc2C(F)(F)F)[C@H](C2CC2)C1. The van der Waals surface area contributed by atoms with Crippen molar-refractivity contribution in [3.63, 3.8) is 0 Å². The lowest BCUT2D eigenvalue weighted by Gasteiger charge is -2.21. The van der Waals surface area contributed by atoms with Crippen molar-refractivity contribution < 1.29 is 22.7 Å². The molecule has 1 aliphatic heterocycles. The molecule has 3 rings (SSSR count). The molecule has 4 nitrogen and oxygen atoms in total. The third-order valence-electron chi connectivity index (χ3n) is 5.07. The Hall–Kier alpha value is -1.60. The van der Waals surface area contributed by atoms with E-state index in [4.69, 9.17) is 4.74 Å². The van der Waals surface area contributed by atoms with E-state index in [2.05, 4.69) is 10.2 Å². The van der Waals surface area contributed by atoms with E-state index >= 15 is 0 Å². The first-order chi connectivity index (χ1) is 11.9. The summed E-state index contributed by atoms with van der Waals surface area (Å²) in [5.41, 5.74) is -1.19. The number of halogens is 3. The van der Waals surface area contributed by atoms with E-state index in [-0.39, 0.29) is 11.6 Å². The van der Waals surface area contributed by atoms with Crippen molar-refractivity contribution in [2.45, 2.75) is 25.1 Å². The Labute approximate surface area is 145 Å². The summed E-state index contributed by atoms with van der Waals surface area (Å²) in [5.74, 6) is 0.228. The summed E-state index contributed by atoms with van der Waals surface area (Å²) in [6.45, 7) is 2.89. The zero-order chi connectivity index (χ0) is 18.0. The zero-order valence-electron chi connectivity index (χ0n) is 14.2. The van der Waals surface area contributed by atoms with E-state index in [9.17, 15) is 18.0 Å². The first-order valence-electron chi connectivity index (χ1n) is 8.58. The molecule has 1 saturated carbocycles. The quantitative estimate of drug-likeness (QED) is 0.852. The Bertz CT molecular complexity index is 617. The number of hydrogen-bond donors (Lipinski definition) is 1. The Morgan fingerprint density at radius 1 is 1.28 bits per heavy atom. The number of rotatable bonds is 6. The Kier molecular flexibility index (Phi) is 5.34. The number of ether oxygens (including phenoxy) is 1. The van der Waals surface area contributed by atoms with Gasteiger partial charge in [0.2, 0.25) is 0 Å². The van der Waals surface area contributed by atoms with Gasteiger partial charge in [-0.3, -0.25) is 9.69 Å². The summed E-state index contributed by atoms with van der Waals surface area (Å²) < 4.78 is 44.5. The first-order valence-corrected chi connectivity index (χ1v) is 8.58. The number of nitrogens with zero attached hydrogens (tertiary/aromatic N) is 1. The number of nitrogens with one attached hydrogen (secondary N) is 1. The summed E-state index contributed by atoms with van der Waals surface area (Å²) in [6, 6.07) is 4.84. The summed E-state index contributed by atoms with van der Waals surface area (Å²) in [6.07, 6.45) is -2.27. The van der Waals surface area contributed by atoms with Crippen molar-refractivity contribution in [1.29, 1.82) is 0 Å². The number of alkyl halides is 3. The number of hydrogen-bond acceptors (Lipinski definition) is 3. The van der Waals surface area contributed by atoms with Crippen molar-refractivity contribution in [3.8, 4) is 0 Å². The van der Waals surface area contributed by atoms with Gasteiger partial charge in [0.05, 0.1) is 17.7 Å². The molecule has 1 aromatic rings. The molecule has 0 radical (unpaired) electrons. The number of carbonyl (C=O) groups is 1. The van der Waals surface area contributed by atoms with Crippen molar-refractivity contribution in [2.75, 3.05) is 33.4 Å². The van der Waals surface area contributed by atoms with Crippen LogP contribution in [0.25, 0.3) is 0 Å². The highest BCUT2D eigenvalue weighted by Gasteiger charge is 2.43. The molecule has 1 heterocycles. The van der Waals surface area contributed by atoms with Crippen LogP contribution >= 0.6 is 0 Å². The molecule has 0 unspecified atom stereocenters. The molecule has 7 heteroatoms. The second-order valence-corrected chi connectivity index (χ2v) is 6.88. The van der Waals surface area contributed by atoms with Gasteiger partial charge in [-0.1, -0.05) is 12.1 Å². The van der Waals surface area contributed by atoms with Gasteiger partial charge in [0, 0.05) is 32.8 Å². The van der Waals surface area contributed by atoms with Crippen LogP contribution in [0.3, 0.4) is 0 Å². The van der Waals surface area contributed by atoms with E-state index in [1.807, 2.05) is 0 Å². The van der Waals surface area contributed by atoms with Gasteiger partial charge >= 0.3 is 6.18 Å². The molecule has 0 bridgehead atoms. The fraction of sp³-hybridized carbons (Fsp3) is 0.611. The van der Waals surface area contributed by atoms with Crippen LogP contribution < -0.4 is 5.32 Å². The molecule has 2 aliphatic rings. The molecule has 2 atom stereocenters. The molecule has 1 aromatic carbocycles. The van der Waals surface area contributed by atoms with Gasteiger partial charge in [0.15, 0.2) is 0 Å². The summed E-state index contributed by atoms with van der Waals surface area (Å²) in [5, 5.41) is 2.86. The van der Waals surface area contributed by atoms with Gasteiger partial charge in [0.25, 0.3) is 5.91 Å². The molecule has 1 aliphatic carbocycles. The summed E-state index contributed by atoms with van der Waals surface area (Å²) in [4.78, 5) is 14.7. The molecular weight excluding hydrogens is 333 g/mol. The third kappa shape index (κ3) is 4.33.